The summed E-state index contributed by atoms with van der Waals surface area (Å²) in [6.45, 7) is 3.06. The minimum Gasteiger partial charge on any atom is -0.493 e. The molecule has 0 unspecified atom stereocenters. The van der Waals surface area contributed by atoms with Gasteiger partial charge in [-0.25, -0.2) is 0 Å². The van der Waals surface area contributed by atoms with Gasteiger partial charge in [-0.1, -0.05) is 0 Å². The molecule has 0 spiro atoms. The van der Waals surface area contributed by atoms with Crippen molar-refractivity contribution in [2.75, 3.05) is 19.7 Å². The van der Waals surface area contributed by atoms with Crippen LogP contribution in [0.3, 0.4) is 0 Å². The first-order chi connectivity index (χ1) is 6.95. The first-order valence-electron chi connectivity index (χ1n) is 5.19. The lowest BCUT2D eigenvalue weighted by Crippen LogP contribution is -2.33. The summed E-state index contributed by atoms with van der Waals surface area (Å²) in [6.07, 6.45) is 6.06. The molecule has 1 fully saturated rings. The van der Waals surface area contributed by atoms with Crippen LogP contribution in [-0.2, 0) is 0 Å². The average molecular weight is 192 g/mol. The van der Waals surface area contributed by atoms with Gasteiger partial charge in [-0.3, -0.25) is 4.98 Å². The molecule has 2 heterocycles. The molecule has 0 saturated carbocycles. The minimum absolute atomic E-state index is 0.664. The normalized spacial score (nSPS) is 21.9. The predicted octanol–water partition coefficient (Wildman–Crippen LogP) is 1.46. The topological polar surface area (TPSA) is 34.1 Å². The fourth-order valence-electron chi connectivity index (χ4n) is 1.71. The molecule has 1 aliphatic heterocycles. The molecule has 3 nitrogen and oxygen atoms in total. The van der Waals surface area contributed by atoms with Crippen LogP contribution in [0.15, 0.2) is 24.5 Å². The Hall–Kier alpha value is -1.09. The van der Waals surface area contributed by atoms with Crippen LogP contribution in [-0.4, -0.2) is 24.7 Å². The Labute approximate surface area is 84.5 Å². The third kappa shape index (κ3) is 2.70. The van der Waals surface area contributed by atoms with Gasteiger partial charge in [0, 0.05) is 24.9 Å². The van der Waals surface area contributed by atoms with Crippen LogP contribution in [0, 0.1) is 5.92 Å². The maximum atomic E-state index is 5.67. The van der Waals surface area contributed by atoms with Crippen molar-refractivity contribution in [1.29, 1.82) is 0 Å². The summed E-state index contributed by atoms with van der Waals surface area (Å²) in [5.41, 5.74) is 0. The molecule has 1 aliphatic rings. The molecule has 2 rings (SSSR count). The van der Waals surface area contributed by atoms with Crippen LogP contribution < -0.4 is 10.1 Å². The van der Waals surface area contributed by atoms with Crippen LogP contribution in [0.25, 0.3) is 0 Å². The molecule has 1 atom stereocenters. The first-order valence-corrected chi connectivity index (χ1v) is 5.19. The highest BCUT2D eigenvalue weighted by atomic mass is 16.5. The predicted molar refractivity (Wildman–Crippen MR) is 55.3 cm³/mol. The van der Waals surface area contributed by atoms with Crippen molar-refractivity contribution in [3.63, 3.8) is 0 Å². The SMILES string of the molecule is c1cc(OC[C@@H]2CCCNC2)ccn1. The molecule has 0 aromatic carbocycles. The summed E-state index contributed by atoms with van der Waals surface area (Å²) in [7, 11) is 0. The van der Waals surface area contributed by atoms with E-state index in [0.717, 1.165) is 25.4 Å². The molecule has 1 aromatic heterocycles. The number of ether oxygens (including phenoxy) is 1. The zero-order valence-electron chi connectivity index (χ0n) is 8.28. The number of rotatable bonds is 3. The van der Waals surface area contributed by atoms with E-state index in [1.54, 1.807) is 12.4 Å². The first kappa shape index (κ1) is 9.46. The molecule has 14 heavy (non-hydrogen) atoms. The van der Waals surface area contributed by atoms with Gasteiger partial charge in [0.25, 0.3) is 0 Å². The van der Waals surface area contributed by atoms with Crippen molar-refractivity contribution < 1.29 is 4.74 Å². The fourth-order valence-corrected chi connectivity index (χ4v) is 1.71. The molecule has 0 bridgehead atoms. The Bertz CT molecular complexity index is 257. The van der Waals surface area contributed by atoms with Crippen molar-refractivity contribution in [3.05, 3.63) is 24.5 Å². The van der Waals surface area contributed by atoms with Gasteiger partial charge in [0.15, 0.2) is 0 Å². The third-order valence-electron chi connectivity index (χ3n) is 2.53. The van der Waals surface area contributed by atoms with E-state index in [0.29, 0.717) is 5.92 Å². The van der Waals surface area contributed by atoms with E-state index in [-0.39, 0.29) is 0 Å². The van der Waals surface area contributed by atoms with Crippen molar-refractivity contribution in [3.8, 4) is 5.75 Å². The highest BCUT2D eigenvalue weighted by Gasteiger charge is 2.13. The smallest absolute Gasteiger partial charge is 0.122 e. The zero-order chi connectivity index (χ0) is 9.64. The lowest BCUT2D eigenvalue weighted by atomic mass is 10.0. The number of pyridine rings is 1. The van der Waals surface area contributed by atoms with Crippen molar-refractivity contribution in [2.24, 2.45) is 5.92 Å². The van der Waals surface area contributed by atoms with E-state index in [1.165, 1.54) is 12.8 Å². The van der Waals surface area contributed by atoms with E-state index in [1.807, 2.05) is 12.1 Å². The highest BCUT2D eigenvalue weighted by molar-refractivity contribution is 5.16. The van der Waals surface area contributed by atoms with Gasteiger partial charge in [0.05, 0.1) is 6.61 Å². The van der Waals surface area contributed by atoms with Crippen molar-refractivity contribution >= 4 is 0 Å². The van der Waals surface area contributed by atoms with Crippen molar-refractivity contribution in [1.82, 2.24) is 10.3 Å². The molecule has 0 aliphatic carbocycles. The monoisotopic (exact) mass is 192 g/mol. The summed E-state index contributed by atoms with van der Waals surface area (Å²) < 4.78 is 5.67. The lowest BCUT2D eigenvalue weighted by Gasteiger charge is -2.22. The Kier molecular flexibility index (Phi) is 3.35. The second-order valence-electron chi connectivity index (χ2n) is 3.71. The summed E-state index contributed by atoms with van der Waals surface area (Å²) in [5.74, 6) is 1.59. The third-order valence-corrected chi connectivity index (χ3v) is 2.53. The van der Waals surface area contributed by atoms with E-state index in [4.69, 9.17) is 4.74 Å². The second kappa shape index (κ2) is 4.96. The van der Waals surface area contributed by atoms with Gasteiger partial charge in [0.2, 0.25) is 0 Å². The Morgan fingerprint density at radius 1 is 1.43 bits per heavy atom. The van der Waals surface area contributed by atoms with Gasteiger partial charge in [-0.2, -0.15) is 0 Å². The van der Waals surface area contributed by atoms with E-state index in [9.17, 15) is 0 Å². The van der Waals surface area contributed by atoms with Gasteiger partial charge < -0.3 is 10.1 Å². The van der Waals surface area contributed by atoms with Gasteiger partial charge in [-0.15, -0.1) is 0 Å². The fraction of sp³-hybridized carbons (Fsp3) is 0.545. The quantitative estimate of drug-likeness (QED) is 0.787. The van der Waals surface area contributed by atoms with Crippen molar-refractivity contribution in [2.45, 2.75) is 12.8 Å². The number of hydrogen-bond donors (Lipinski definition) is 1. The van der Waals surface area contributed by atoms with Crippen LogP contribution >= 0.6 is 0 Å². The van der Waals surface area contributed by atoms with Crippen LogP contribution in [0.2, 0.25) is 0 Å². The standard InChI is InChI=1S/C11H16N2O/c1-2-10(8-13-5-1)9-14-11-3-6-12-7-4-11/h3-4,6-7,10,13H,1-2,5,8-9H2/t10-/m1/s1. The molecular weight excluding hydrogens is 176 g/mol. The Morgan fingerprint density at radius 2 is 2.29 bits per heavy atom. The molecule has 0 radical (unpaired) electrons. The average Bonchev–Trinajstić information content (AvgIpc) is 2.29. The number of nitrogens with zero attached hydrogens (tertiary/aromatic N) is 1. The second-order valence-corrected chi connectivity index (χ2v) is 3.71. The van der Waals surface area contributed by atoms with E-state index >= 15 is 0 Å². The van der Waals surface area contributed by atoms with Gasteiger partial charge in [0.1, 0.15) is 5.75 Å². The van der Waals surface area contributed by atoms with Crippen LogP contribution in [0.4, 0.5) is 0 Å². The maximum Gasteiger partial charge on any atom is 0.122 e. The van der Waals surface area contributed by atoms with E-state index in [2.05, 4.69) is 10.3 Å². The molecule has 0 amide bonds. The van der Waals surface area contributed by atoms with E-state index < -0.39 is 0 Å². The minimum atomic E-state index is 0.664. The number of nitrogens with one attached hydrogen (secondary N) is 1. The summed E-state index contributed by atoms with van der Waals surface area (Å²) in [4.78, 5) is 3.95. The maximum absolute atomic E-state index is 5.67. The number of hydrogen-bond acceptors (Lipinski definition) is 3. The number of aromatic nitrogens is 1. The Morgan fingerprint density at radius 3 is 3.00 bits per heavy atom. The molecule has 1 aromatic rings. The summed E-state index contributed by atoms with van der Waals surface area (Å²) >= 11 is 0. The molecular formula is C11H16N2O. The lowest BCUT2D eigenvalue weighted by molar-refractivity contribution is 0.218. The summed E-state index contributed by atoms with van der Waals surface area (Å²) in [6, 6.07) is 3.80. The largest absolute Gasteiger partial charge is 0.493 e. The molecule has 1 saturated heterocycles. The zero-order valence-corrected chi connectivity index (χ0v) is 8.28. The molecule has 1 N–H and O–H groups in total. The Balaban J connectivity index is 1.76. The highest BCUT2D eigenvalue weighted by Crippen LogP contribution is 2.13. The molecule has 76 valence electrons. The van der Waals surface area contributed by atoms with Gasteiger partial charge >= 0.3 is 0 Å². The van der Waals surface area contributed by atoms with Crippen LogP contribution in [0.5, 0.6) is 5.75 Å². The van der Waals surface area contributed by atoms with Gasteiger partial charge in [-0.05, 0) is 31.5 Å². The van der Waals surface area contributed by atoms with Crippen LogP contribution in [0.1, 0.15) is 12.8 Å². The number of piperidine rings is 1. The summed E-state index contributed by atoms with van der Waals surface area (Å²) in [5, 5.41) is 3.38. The molecule has 3 heteroatoms.